The van der Waals surface area contributed by atoms with Crippen molar-refractivity contribution in [2.45, 2.75) is 38.3 Å². The number of hydrogen-bond donors (Lipinski definition) is 0. The molecule has 45 heavy (non-hydrogen) atoms. The number of benzene rings is 4. The maximum absolute atomic E-state index is 15.0. The normalized spacial score (nSPS) is 20.7. The van der Waals surface area contributed by atoms with E-state index in [0.29, 0.717) is 39.7 Å². The van der Waals surface area contributed by atoms with E-state index in [1.807, 2.05) is 71.6 Å². The fourth-order valence-corrected chi connectivity index (χ4v) is 7.79. The predicted octanol–water partition coefficient (Wildman–Crippen LogP) is 7.22. The first-order valence-electron chi connectivity index (χ1n) is 15.4. The van der Waals surface area contributed by atoms with Crippen LogP contribution in [-0.4, -0.2) is 43.7 Å². The van der Waals surface area contributed by atoms with Crippen molar-refractivity contribution in [3.63, 3.8) is 0 Å². The first-order valence-corrected chi connectivity index (χ1v) is 15.4. The van der Waals surface area contributed by atoms with E-state index < -0.39 is 23.4 Å². The minimum absolute atomic E-state index is 0.162. The van der Waals surface area contributed by atoms with Crippen molar-refractivity contribution in [2.75, 3.05) is 19.1 Å². The van der Waals surface area contributed by atoms with Crippen LogP contribution in [0.4, 0.5) is 5.69 Å². The molecule has 6 nitrogen and oxygen atoms in total. The van der Waals surface area contributed by atoms with Gasteiger partial charge < -0.3 is 14.4 Å². The topological polar surface area (TPSA) is 72.9 Å². The summed E-state index contributed by atoms with van der Waals surface area (Å²) in [5.41, 5.74) is 3.13. The molecule has 1 aliphatic carbocycles. The molecule has 0 unspecified atom stereocenters. The summed E-state index contributed by atoms with van der Waals surface area (Å²) in [5, 5.41) is 0. The van der Waals surface area contributed by atoms with Crippen LogP contribution in [0.5, 0.6) is 11.5 Å². The van der Waals surface area contributed by atoms with Crippen LogP contribution in [0.1, 0.15) is 67.5 Å². The van der Waals surface area contributed by atoms with Gasteiger partial charge in [0.15, 0.2) is 17.3 Å². The van der Waals surface area contributed by atoms with E-state index in [1.54, 1.807) is 50.6 Å². The van der Waals surface area contributed by atoms with Crippen LogP contribution in [0.3, 0.4) is 0 Å². The molecule has 1 spiro atoms. The molecule has 0 N–H and O–H groups in total. The van der Waals surface area contributed by atoms with Crippen molar-refractivity contribution < 1.29 is 23.9 Å². The number of ether oxygens (including phenoxy) is 2. The lowest BCUT2D eigenvalue weighted by Crippen LogP contribution is -2.48. The van der Waals surface area contributed by atoms with Gasteiger partial charge in [0, 0.05) is 33.9 Å². The summed E-state index contributed by atoms with van der Waals surface area (Å²) in [6.07, 6.45) is 4.80. The lowest BCUT2D eigenvalue weighted by molar-refractivity contribution is 0.0664. The van der Waals surface area contributed by atoms with Crippen LogP contribution in [0, 0.1) is 11.3 Å². The van der Waals surface area contributed by atoms with Gasteiger partial charge in [-0.05, 0) is 47.7 Å². The van der Waals surface area contributed by atoms with Gasteiger partial charge in [-0.1, -0.05) is 92.7 Å². The molecule has 0 saturated carbocycles. The molecule has 226 valence electrons. The minimum Gasteiger partial charge on any atom is -0.497 e. The summed E-state index contributed by atoms with van der Waals surface area (Å²) in [6, 6.07) is 26.3. The number of hydrogen-bond acceptors (Lipinski definition) is 6. The van der Waals surface area contributed by atoms with E-state index >= 15 is 4.79 Å². The van der Waals surface area contributed by atoms with Crippen LogP contribution < -0.4 is 14.4 Å². The highest BCUT2D eigenvalue weighted by atomic mass is 16.5. The number of ketones is 3. The molecule has 0 bridgehead atoms. The van der Waals surface area contributed by atoms with E-state index in [-0.39, 0.29) is 17.3 Å². The first-order chi connectivity index (χ1) is 21.8. The van der Waals surface area contributed by atoms with Crippen LogP contribution >= 0.6 is 0 Å². The quantitative estimate of drug-likeness (QED) is 0.166. The molecule has 4 aromatic rings. The Bertz CT molecular complexity index is 1840. The molecule has 1 fully saturated rings. The lowest BCUT2D eigenvalue weighted by Gasteiger charge is -2.37. The summed E-state index contributed by atoms with van der Waals surface area (Å²) >= 11 is 0. The van der Waals surface area contributed by atoms with Crippen LogP contribution in [0.2, 0.25) is 0 Å². The number of anilines is 1. The Balaban J connectivity index is 1.52. The number of Topliss-reactive ketones (excluding diaryl/α,β-unsaturated/α-hetero) is 3. The Morgan fingerprint density at radius 1 is 0.844 bits per heavy atom. The Labute approximate surface area is 263 Å². The van der Waals surface area contributed by atoms with Crippen molar-refractivity contribution in [3.8, 4) is 11.5 Å². The molecule has 7 rings (SSSR count). The smallest absolute Gasteiger partial charge is 0.185 e. The SMILES string of the molecule is COc1ccc(OC)c([C@@H]2[C@H](C(=O)c3ccc(CC(C)C)cc3)N3c4ccccc4C=C[C@H]3C23C(=O)c2ccccc2C3=O)c1. The standard InChI is InChI=1S/C39H35NO5/c1-23(2)21-24-13-15-26(16-14-24)36(41)35-34(30-22-27(44-3)18-19-32(30)45-4)39(37(42)28-10-6-7-11-29(28)38(39)43)33-20-17-25-9-5-8-12-31(25)40(33)35/h5-20,22-23,33-35H,21H2,1-4H3/t33-,34+,35+/m0/s1. The zero-order valence-electron chi connectivity index (χ0n) is 25.8. The Kier molecular flexibility index (Phi) is 6.96. The van der Waals surface area contributed by atoms with E-state index in [4.69, 9.17) is 9.47 Å². The highest BCUT2D eigenvalue weighted by Gasteiger charge is 2.72. The molecule has 3 aliphatic rings. The molecule has 4 aromatic carbocycles. The van der Waals surface area contributed by atoms with Crippen LogP contribution in [-0.2, 0) is 6.42 Å². The second kappa shape index (κ2) is 10.9. The molecular formula is C39H35NO5. The molecule has 3 atom stereocenters. The fourth-order valence-electron chi connectivity index (χ4n) is 7.79. The van der Waals surface area contributed by atoms with Gasteiger partial charge in [-0.2, -0.15) is 0 Å². The van der Waals surface area contributed by atoms with Crippen LogP contribution in [0.15, 0.2) is 97.1 Å². The third-order valence-corrected chi connectivity index (χ3v) is 9.64. The van der Waals surface area contributed by atoms with Crippen molar-refractivity contribution in [1.29, 1.82) is 0 Å². The summed E-state index contributed by atoms with van der Waals surface area (Å²) in [6.45, 7) is 4.33. The van der Waals surface area contributed by atoms with E-state index in [1.165, 1.54) is 0 Å². The lowest BCUT2D eigenvalue weighted by atomic mass is 9.64. The van der Waals surface area contributed by atoms with Crippen molar-refractivity contribution >= 4 is 29.1 Å². The average Bonchev–Trinajstić information content (AvgIpc) is 3.50. The maximum Gasteiger partial charge on any atom is 0.185 e. The van der Waals surface area contributed by atoms with E-state index in [2.05, 4.69) is 13.8 Å². The molecule has 2 heterocycles. The molecule has 1 saturated heterocycles. The van der Waals surface area contributed by atoms with Gasteiger partial charge in [0.25, 0.3) is 0 Å². The highest BCUT2D eigenvalue weighted by Crippen LogP contribution is 2.62. The fraction of sp³-hybridized carbons (Fsp3) is 0.256. The summed E-state index contributed by atoms with van der Waals surface area (Å²) in [4.78, 5) is 46.9. The Morgan fingerprint density at radius 2 is 1.51 bits per heavy atom. The number of carbonyl (C=O) groups is 3. The molecule has 0 radical (unpaired) electrons. The van der Waals surface area contributed by atoms with Gasteiger partial charge >= 0.3 is 0 Å². The summed E-state index contributed by atoms with van der Waals surface area (Å²) < 4.78 is 11.5. The van der Waals surface area contributed by atoms with E-state index in [0.717, 1.165) is 23.2 Å². The molecule has 2 aliphatic heterocycles. The second-order valence-electron chi connectivity index (χ2n) is 12.5. The monoisotopic (exact) mass is 597 g/mol. The van der Waals surface area contributed by atoms with Crippen LogP contribution in [0.25, 0.3) is 6.08 Å². The minimum atomic E-state index is -1.62. The number of carbonyl (C=O) groups excluding carboxylic acids is 3. The molecular weight excluding hydrogens is 562 g/mol. The summed E-state index contributed by atoms with van der Waals surface area (Å²) in [7, 11) is 3.13. The number of para-hydroxylation sites is 1. The highest BCUT2D eigenvalue weighted by molar-refractivity contribution is 6.32. The van der Waals surface area contributed by atoms with E-state index in [9.17, 15) is 9.59 Å². The van der Waals surface area contributed by atoms with Gasteiger partial charge in [-0.3, -0.25) is 14.4 Å². The molecule has 0 amide bonds. The Morgan fingerprint density at radius 3 is 2.16 bits per heavy atom. The van der Waals surface area contributed by atoms with Gasteiger partial charge in [-0.25, -0.2) is 0 Å². The van der Waals surface area contributed by atoms with Gasteiger partial charge in [0.05, 0.1) is 20.3 Å². The third-order valence-electron chi connectivity index (χ3n) is 9.64. The zero-order valence-corrected chi connectivity index (χ0v) is 25.8. The predicted molar refractivity (Wildman–Crippen MR) is 175 cm³/mol. The number of nitrogens with zero attached hydrogens (tertiary/aromatic N) is 1. The van der Waals surface area contributed by atoms with Gasteiger partial charge in [-0.15, -0.1) is 0 Å². The summed E-state index contributed by atoms with van der Waals surface area (Å²) in [5.74, 6) is -0.104. The van der Waals surface area contributed by atoms with Crippen molar-refractivity contribution in [1.82, 2.24) is 0 Å². The zero-order chi connectivity index (χ0) is 31.5. The Hall–Kier alpha value is -4.97. The second-order valence-corrected chi connectivity index (χ2v) is 12.5. The average molecular weight is 598 g/mol. The van der Waals surface area contributed by atoms with Crippen molar-refractivity contribution in [2.24, 2.45) is 11.3 Å². The van der Waals surface area contributed by atoms with Gasteiger partial charge in [0.1, 0.15) is 23.0 Å². The number of rotatable bonds is 7. The number of methoxy groups -OCH3 is 2. The largest absolute Gasteiger partial charge is 0.497 e. The molecule has 6 heteroatoms. The maximum atomic E-state index is 15.0. The first kappa shape index (κ1) is 28.8. The number of fused-ring (bicyclic) bond motifs is 5. The van der Waals surface area contributed by atoms with Crippen molar-refractivity contribution in [3.05, 3.63) is 130 Å². The van der Waals surface area contributed by atoms with Gasteiger partial charge in [0.2, 0.25) is 0 Å². The third kappa shape index (κ3) is 4.19. The molecule has 0 aromatic heterocycles.